The molecule has 0 saturated carbocycles. The summed E-state index contributed by atoms with van der Waals surface area (Å²) >= 11 is 0. The first-order chi connectivity index (χ1) is 8.92. The fourth-order valence-corrected chi connectivity index (χ4v) is 2.52. The van der Waals surface area contributed by atoms with Crippen LogP contribution >= 0.6 is 0 Å². The second kappa shape index (κ2) is 7.57. The van der Waals surface area contributed by atoms with Crippen LogP contribution in [0.25, 0.3) is 0 Å². The molecular weight excluding hydrogens is 269 g/mol. The van der Waals surface area contributed by atoms with Crippen LogP contribution in [-0.4, -0.2) is 28.2 Å². The van der Waals surface area contributed by atoms with E-state index in [2.05, 4.69) is 4.72 Å². The normalized spacial score (nSPS) is 12.0. The fraction of sp³-hybridized carbons (Fsp3) is 0.538. The van der Waals surface area contributed by atoms with Crippen LogP contribution in [0.15, 0.2) is 29.2 Å². The van der Waals surface area contributed by atoms with Crippen LogP contribution in [0.2, 0.25) is 0 Å². The topological polar surface area (TPSA) is 55.4 Å². The Morgan fingerprint density at radius 3 is 2.74 bits per heavy atom. The quantitative estimate of drug-likeness (QED) is 0.746. The molecule has 108 valence electrons. The maximum Gasteiger partial charge on any atom is 0.240 e. The predicted octanol–water partition coefficient (Wildman–Crippen LogP) is 2.17. The minimum atomic E-state index is -3.63. The van der Waals surface area contributed by atoms with Crippen LogP contribution < -0.4 is 4.72 Å². The molecule has 0 aliphatic carbocycles. The third-order valence-corrected chi connectivity index (χ3v) is 3.77. The van der Waals surface area contributed by atoms with Crippen LogP contribution in [0.4, 0.5) is 4.39 Å². The van der Waals surface area contributed by atoms with E-state index >= 15 is 0 Å². The second-order valence-electron chi connectivity index (χ2n) is 4.68. The molecule has 4 nitrogen and oxygen atoms in total. The van der Waals surface area contributed by atoms with Crippen molar-refractivity contribution in [3.63, 3.8) is 0 Å². The summed E-state index contributed by atoms with van der Waals surface area (Å²) in [6.45, 7) is 5.54. The van der Waals surface area contributed by atoms with E-state index in [1.54, 1.807) is 0 Å². The van der Waals surface area contributed by atoms with Crippen LogP contribution in [0.1, 0.15) is 20.3 Å². The van der Waals surface area contributed by atoms with E-state index in [4.69, 9.17) is 4.74 Å². The summed E-state index contributed by atoms with van der Waals surface area (Å²) < 4.78 is 44.3. The lowest BCUT2D eigenvalue weighted by molar-refractivity contribution is 0.108. The number of nitrogens with one attached hydrogen (secondary N) is 1. The van der Waals surface area contributed by atoms with Gasteiger partial charge in [0, 0.05) is 19.8 Å². The molecule has 0 amide bonds. The van der Waals surface area contributed by atoms with E-state index in [9.17, 15) is 12.8 Å². The number of hydrogen-bond donors (Lipinski definition) is 1. The zero-order chi connectivity index (χ0) is 14.3. The molecule has 19 heavy (non-hydrogen) atoms. The summed E-state index contributed by atoms with van der Waals surface area (Å²) in [4.78, 5) is -0.0596. The first-order valence-electron chi connectivity index (χ1n) is 6.25. The summed E-state index contributed by atoms with van der Waals surface area (Å²) in [6, 6.07) is 4.94. The van der Waals surface area contributed by atoms with Gasteiger partial charge in [-0.15, -0.1) is 0 Å². The van der Waals surface area contributed by atoms with Crippen molar-refractivity contribution >= 4 is 10.0 Å². The van der Waals surface area contributed by atoms with Crippen LogP contribution in [0.3, 0.4) is 0 Å². The van der Waals surface area contributed by atoms with Crippen molar-refractivity contribution in [2.24, 2.45) is 5.92 Å². The smallest absolute Gasteiger partial charge is 0.240 e. The van der Waals surface area contributed by atoms with Gasteiger partial charge in [-0.3, -0.25) is 0 Å². The van der Waals surface area contributed by atoms with E-state index in [1.165, 1.54) is 18.2 Å². The van der Waals surface area contributed by atoms with Gasteiger partial charge in [-0.05, 0) is 30.5 Å². The highest BCUT2D eigenvalue weighted by Gasteiger charge is 2.13. The van der Waals surface area contributed by atoms with E-state index in [0.29, 0.717) is 25.6 Å². The van der Waals surface area contributed by atoms with Gasteiger partial charge in [0.2, 0.25) is 10.0 Å². The highest BCUT2D eigenvalue weighted by molar-refractivity contribution is 7.89. The highest BCUT2D eigenvalue weighted by Crippen LogP contribution is 2.09. The number of benzene rings is 1. The van der Waals surface area contributed by atoms with Crippen LogP contribution in [-0.2, 0) is 14.8 Å². The van der Waals surface area contributed by atoms with Gasteiger partial charge in [-0.1, -0.05) is 19.9 Å². The first kappa shape index (κ1) is 16.1. The van der Waals surface area contributed by atoms with Gasteiger partial charge in [-0.2, -0.15) is 0 Å². The Bertz CT molecular complexity index is 488. The Labute approximate surface area is 114 Å². The fourth-order valence-electron chi connectivity index (χ4n) is 1.42. The molecule has 0 aromatic heterocycles. The molecule has 0 heterocycles. The van der Waals surface area contributed by atoms with E-state index < -0.39 is 15.8 Å². The molecule has 6 heteroatoms. The summed E-state index contributed by atoms with van der Waals surface area (Å²) in [6.07, 6.45) is 0.585. The summed E-state index contributed by atoms with van der Waals surface area (Å²) in [5.41, 5.74) is 0. The molecule has 0 unspecified atom stereocenters. The van der Waals surface area contributed by atoms with Gasteiger partial charge in [0.1, 0.15) is 5.82 Å². The van der Waals surface area contributed by atoms with Crippen molar-refractivity contribution in [2.75, 3.05) is 19.8 Å². The van der Waals surface area contributed by atoms with Crippen molar-refractivity contribution in [3.8, 4) is 0 Å². The number of sulfonamides is 1. The Balaban J connectivity index is 2.36. The molecule has 0 radical (unpaired) electrons. The number of ether oxygens (including phenoxy) is 1. The Kier molecular flexibility index (Phi) is 6.41. The Hall–Kier alpha value is -0.980. The molecule has 1 N–H and O–H groups in total. The van der Waals surface area contributed by atoms with Gasteiger partial charge in [0.15, 0.2) is 0 Å². The molecule has 0 spiro atoms. The van der Waals surface area contributed by atoms with Gasteiger partial charge in [-0.25, -0.2) is 17.5 Å². The molecule has 0 atom stereocenters. The van der Waals surface area contributed by atoms with E-state index in [0.717, 1.165) is 6.07 Å². The zero-order valence-electron chi connectivity index (χ0n) is 11.2. The molecule has 1 aromatic rings. The van der Waals surface area contributed by atoms with Crippen molar-refractivity contribution in [3.05, 3.63) is 30.1 Å². The predicted molar refractivity (Wildman–Crippen MR) is 71.9 cm³/mol. The lowest BCUT2D eigenvalue weighted by Crippen LogP contribution is -2.25. The van der Waals surface area contributed by atoms with Crippen molar-refractivity contribution in [1.29, 1.82) is 0 Å². The molecular formula is C13H20FNO3S. The largest absolute Gasteiger partial charge is 0.381 e. The van der Waals surface area contributed by atoms with Crippen LogP contribution in [0.5, 0.6) is 0 Å². The van der Waals surface area contributed by atoms with E-state index in [-0.39, 0.29) is 11.4 Å². The average Bonchev–Trinajstić information content (AvgIpc) is 2.33. The molecule has 0 saturated heterocycles. The minimum absolute atomic E-state index is 0.0596. The summed E-state index contributed by atoms with van der Waals surface area (Å²) in [7, 11) is -3.63. The maximum atomic E-state index is 12.9. The molecule has 0 bridgehead atoms. The highest BCUT2D eigenvalue weighted by atomic mass is 32.2. The Morgan fingerprint density at radius 2 is 2.11 bits per heavy atom. The molecule has 0 fully saturated rings. The zero-order valence-corrected chi connectivity index (χ0v) is 12.0. The van der Waals surface area contributed by atoms with Crippen LogP contribution in [0, 0.1) is 11.7 Å². The third-order valence-electron chi connectivity index (χ3n) is 2.32. The average molecular weight is 289 g/mol. The van der Waals surface area contributed by atoms with Gasteiger partial charge in [0.25, 0.3) is 0 Å². The third kappa shape index (κ3) is 6.13. The first-order valence-corrected chi connectivity index (χ1v) is 7.73. The number of rotatable bonds is 8. The maximum absolute atomic E-state index is 12.9. The SMILES string of the molecule is CC(C)COCCCNS(=O)(=O)c1cccc(F)c1. The number of halogens is 1. The van der Waals surface area contributed by atoms with Crippen molar-refractivity contribution in [1.82, 2.24) is 4.72 Å². The lowest BCUT2D eigenvalue weighted by Gasteiger charge is -2.08. The summed E-state index contributed by atoms with van der Waals surface area (Å²) in [5.74, 6) is -0.105. The number of hydrogen-bond acceptors (Lipinski definition) is 3. The second-order valence-corrected chi connectivity index (χ2v) is 6.44. The van der Waals surface area contributed by atoms with E-state index in [1.807, 2.05) is 13.8 Å². The minimum Gasteiger partial charge on any atom is -0.381 e. The standard InChI is InChI=1S/C13H20FNO3S/c1-11(2)10-18-8-4-7-15-19(16,17)13-6-3-5-12(14)9-13/h3,5-6,9,11,15H,4,7-8,10H2,1-2H3. The van der Waals surface area contributed by atoms with Gasteiger partial charge >= 0.3 is 0 Å². The van der Waals surface area contributed by atoms with Crippen molar-refractivity contribution in [2.45, 2.75) is 25.2 Å². The molecule has 1 aromatic carbocycles. The molecule has 0 aliphatic rings. The van der Waals surface area contributed by atoms with Gasteiger partial charge < -0.3 is 4.74 Å². The van der Waals surface area contributed by atoms with Gasteiger partial charge in [0.05, 0.1) is 4.90 Å². The van der Waals surface area contributed by atoms with Crippen molar-refractivity contribution < 1.29 is 17.5 Å². The Morgan fingerprint density at radius 1 is 1.37 bits per heavy atom. The molecule has 0 aliphatic heterocycles. The molecule has 1 rings (SSSR count). The monoisotopic (exact) mass is 289 g/mol. The lowest BCUT2D eigenvalue weighted by atomic mass is 10.2. The summed E-state index contributed by atoms with van der Waals surface area (Å²) in [5, 5.41) is 0.